The van der Waals surface area contributed by atoms with Crippen LogP contribution in [0.5, 0.6) is 5.75 Å². The molecule has 1 atom stereocenters. The van der Waals surface area contributed by atoms with Gasteiger partial charge in [-0.3, -0.25) is 9.69 Å². The molecule has 22 heavy (non-hydrogen) atoms. The summed E-state index contributed by atoms with van der Waals surface area (Å²) < 4.78 is 5.48. The molecule has 1 aromatic rings. The van der Waals surface area contributed by atoms with Crippen molar-refractivity contribution in [2.75, 3.05) is 32.8 Å². The van der Waals surface area contributed by atoms with E-state index in [2.05, 4.69) is 11.0 Å². The number of piperazine rings is 1. The van der Waals surface area contributed by atoms with Crippen LogP contribution in [0.25, 0.3) is 0 Å². The van der Waals surface area contributed by atoms with Crippen molar-refractivity contribution in [1.29, 1.82) is 5.26 Å². The smallest absolute Gasteiger partial charge is 0.260 e. The van der Waals surface area contributed by atoms with Crippen molar-refractivity contribution < 1.29 is 9.53 Å². The highest BCUT2D eigenvalue weighted by atomic mass is 35.5. The lowest BCUT2D eigenvalue weighted by Crippen LogP contribution is -2.52. The van der Waals surface area contributed by atoms with Gasteiger partial charge in [-0.1, -0.05) is 11.6 Å². The van der Waals surface area contributed by atoms with Crippen molar-refractivity contribution in [3.05, 3.63) is 29.3 Å². The van der Waals surface area contributed by atoms with E-state index in [1.165, 1.54) is 0 Å². The second-order valence-electron chi connectivity index (χ2n) is 5.37. The van der Waals surface area contributed by atoms with E-state index in [4.69, 9.17) is 21.6 Å². The SMILES string of the molecule is CC(CC#N)N1CCN(C(=O)COc2ccc(Cl)cc2)CC1. The van der Waals surface area contributed by atoms with E-state index >= 15 is 0 Å². The van der Waals surface area contributed by atoms with Crippen molar-refractivity contribution in [3.8, 4) is 11.8 Å². The Morgan fingerprint density at radius 1 is 1.32 bits per heavy atom. The Balaban J connectivity index is 1.75. The van der Waals surface area contributed by atoms with E-state index in [-0.39, 0.29) is 18.6 Å². The van der Waals surface area contributed by atoms with E-state index in [1.807, 2.05) is 11.8 Å². The first-order valence-electron chi connectivity index (χ1n) is 7.37. The predicted molar refractivity (Wildman–Crippen MR) is 84.8 cm³/mol. The van der Waals surface area contributed by atoms with Gasteiger partial charge in [0.2, 0.25) is 0 Å². The molecule has 0 aromatic heterocycles. The molecule has 1 amide bonds. The molecular weight excluding hydrogens is 302 g/mol. The average molecular weight is 322 g/mol. The molecule has 5 nitrogen and oxygen atoms in total. The highest BCUT2D eigenvalue weighted by Gasteiger charge is 2.24. The van der Waals surface area contributed by atoms with Crippen LogP contribution in [0, 0.1) is 11.3 Å². The lowest BCUT2D eigenvalue weighted by molar-refractivity contribution is -0.135. The molecule has 6 heteroatoms. The number of hydrogen-bond donors (Lipinski definition) is 0. The molecular formula is C16H20ClN3O2. The molecule has 118 valence electrons. The Kier molecular flexibility index (Phi) is 6.05. The van der Waals surface area contributed by atoms with Crippen LogP contribution in [-0.4, -0.2) is 54.5 Å². The summed E-state index contributed by atoms with van der Waals surface area (Å²) in [5.74, 6) is 0.626. The Labute approximate surface area is 136 Å². The molecule has 1 aliphatic rings. The van der Waals surface area contributed by atoms with Crippen LogP contribution in [-0.2, 0) is 4.79 Å². The van der Waals surface area contributed by atoms with Gasteiger partial charge in [0.25, 0.3) is 5.91 Å². The summed E-state index contributed by atoms with van der Waals surface area (Å²) in [6, 6.07) is 9.39. The van der Waals surface area contributed by atoms with Crippen LogP contribution >= 0.6 is 11.6 Å². The second-order valence-corrected chi connectivity index (χ2v) is 5.81. The monoisotopic (exact) mass is 321 g/mol. The summed E-state index contributed by atoms with van der Waals surface area (Å²) in [5, 5.41) is 9.38. The highest BCUT2D eigenvalue weighted by Crippen LogP contribution is 2.16. The maximum Gasteiger partial charge on any atom is 0.260 e. The number of hydrogen-bond acceptors (Lipinski definition) is 4. The lowest BCUT2D eigenvalue weighted by atomic mass is 10.2. The quantitative estimate of drug-likeness (QED) is 0.834. The third-order valence-corrected chi connectivity index (χ3v) is 4.10. The van der Waals surface area contributed by atoms with E-state index in [0.717, 1.165) is 13.1 Å². The zero-order valence-corrected chi connectivity index (χ0v) is 13.4. The van der Waals surface area contributed by atoms with Crippen LogP contribution in [0.2, 0.25) is 5.02 Å². The van der Waals surface area contributed by atoms with Crippen molar-refractivity contribution >= 4 is 17.5 Å². The van der Waals surface area contributed by atoms with E-state index in [1.54, 1.807) is 24.3 Å². The Bertz CT molecular complexity index is 533. The fourth-order valence-electron chi connectivity index (χ4n) is 2.44. The number of ether oxygens (including phenoxy) is 1. The van der Waals surface area contributed by atoms with Gasteiger partial charge < -0.3 is 9.64 Å². The lowest BCUT2D eigenvalue weighted by Gasteiger charge is -2.37. The number of amides is 1. The number of carbonyl (C=O) groups excluding carboxylic acids is 1. The summed E-state index contributed by atoms with van der Waals surface area (Å²) in [6.45, 7) is 5.04. The van der Waals surface area contributed by atoms with E-state index < -0.39 is 0 Å². The van der Waals surface area contributed by atoms with Crippen molar-refractivity contribution in [1.82, 2.24) is 9.80 Å². The predicted octanol–water partition coefficient (Wildman–Crippen LogP) is 2.17. The molecule has 0 bridgehead atoms. The van der Waals surface area contributed by atoms with Crippen molar-refractivity contribution in [3.63, 3.8) is 0 Å². The summed E-state index contributed by atoms with van der Waals surface area (Å²) >= 11 is 5.80. The van der Waals surface area contributed by atoms with Crippen molar-refractivity contribution in [2.45, 2.75) is 19.4 Å². The topological polar surface area (TPSA) is 56.6 Å². The van der Waals surface area contributed by atoms with Crippen LogP contribution in [0.1, 0.15) is 13.3 Å². The van der Waals surface area contributed by atoms with Gasteiger partial charge in [-0.15, -0.1) is 0 Å². The minimum atomic E-state index is -0.0115. The minimum absolute atomic E-state index is 0.0115. The molecule has 1 fully saturated rings. The second kappa shape index (κ2) is 8.02. The first kappa shape index (κ1) is 16.6. The minimum Gasteiger partial charge on any atom is -0.484 e. The molecule has 1 aliphatic heterocycles. The third kappa shape index (κ3) is 4.62. The fourth-order valence-corrected chi connectivity index (χ4v) is 2.57. The normalized spacial score (nSPS) is 16.9. The van der Waals surface area contributed by atoms with Crippen LogP contribution in [0.15, 0.2) is 24.3 Å². The number of nitrogens with zero attached hydrogens (tertiary/aromatic N) is 3. The summed E-state index contributed by atoms with van der Waals surface area (Å²) in [4.78, 5) is 16.2. The molecule has 1 saturated heterocycles. The molecule has 0 radical (unpaired) electrons. The number of carbonyl (C=O) groups is 1. The summed E-state index contributed by atoms with van der Waals surface area (Å²) in [6.07, 6.45) is 0.521. The maximum absolute atomic E-state index is 12.1. The molecule has 2 rings (SSSR count). The largest absolute Gasteiger partial charge is 0.484 e. The number of nitriles is 1. The first-order valence-corrected chi connectivity index (χ1v) is 7.75. The zero-order chi connectivity index (χ0) is 15.9. The van der Waals surface area contributed by atoms with Crippen LogP contribution < -0.4 is 4.74 Å². The molecule has 0 spiro atoms. The third-order valence-electron chi connectivity index (χ3n) is 3.85. The van der Waals surface area contributed by atoms with Gasteiger partial charge in [0, 0.05) is 37.2 Å². The summed E-state index contributed by atoms with van der Waals surface area (Å²) in [7, 11) is 0. The number of halogens is 1. The van der Waals surface area contributed by atoms with Gasteiger partial charge in [-0.25, -0.2) is 0 Å². The molecule has 0 aliphatic carbocycles. The van der Waals surface area contributed by atoms with E-state index in [9.17, 15) is 4.79 Å². The Hall–Kier alpha value is -1.77. The zero-order valence-electron chi connectivity index (χ0n) is 12.7. The molecule has 0 saturated carbocycles. The molecule has 0 N–H and O–H groups in total. The van der Waals surface area contributed by atoms with Gasteiger partial charge in [0.05, 0.1) is 12.5 Å². The Morgan fingerprint density at radius 2 is 1.95 bits per heavy atom. The highest BCUT2D eigenvalue weighted by molar-refractivity contribution is 6.30. The van der Waals surface area contributed by atoms with Crippen molar-refractivity contribution in [2.24, 2.45) is 0 Å². The molecule has 1 aromatic carbocycles. The first-order chi connectivity index (χ1) is 10.6. The van der Waals surface area contributed by atoms with Gasteiger partial charge in [0.1, 0.15) is 5.75 Å². The Morgan fingerprint density at radius 3 is 2.55 bits per heavy atom. The van der Waals surface area contributed by atoms with Gasteiger partial charge in [-0.2, -0.15) is 5.26 Å². The van der Waals surface area contributed by atoms with Gasteiger partial charge >= 0.3 is 0 Å². The number of rotatable bonds is 5. The fraction of sp³-hybridized carbons (Fsp3) is 0.500. The van der Waals surface area contributed by atoms with Gasteiger partial charge in [-0.05, 0) is 31.2 Å². The van der Waals surface area contributed by atoms with Crippen LogP contribution in [0.4, 0.5) is 0 Å². The summed E-state index contributed by atoms with van der Waals surface area (Å²) in [5.41, 5.74) is 0. The average Bonchev–Trinajstić information content (AvgIpc) is 2.54. The van der Waals surface area contributed by atoms with Crippen LogP contribution in [0.3, 0.4) is 0 Å². The van der Waals surface area contributed by atoms with Gasteiger partial charge in [0.15, 0.2) is 6.61 Å². The molecule has 1 unspecified atom stereocenters. The number of benzene rings is 1. The maximum atomic E-state index is 12.1. The standard InChI is InChI=1S/C16H20ClN3O2/c1-13(6-7-18)19-8-10-20(11-9-19)16(21)12-22-15-4-2-14(17)3-5-15/h2-5,13H,6,8-12H2,1H3. The molecule has 1 heterocycles. The van der Waals surface area contributed by atoms with E-state index in [0.29, 0.717) is 30.3 Å².